The third-order valence-corrected chi connectivity index (χ3v) is 7.54. The Kier molecular flexibility index (Phi) is 10.8. The first-order chi connectivity index (χ1) is 20.7. The highest BCUT2D eigenvalue weighted by molar-refractivity contribution is 6.30. The van der Waals surface area contributed by atoms with Crippen LogP contribution in [-0.4, -0.2) is 76.7 Å². The molecule has 0 saturated carbocycles. The van der Waals surface area contributed by atoms with Crippen molar-refractivity contribution < 1.29 is 24.2 Å². The molecule has 0 bridgehead atoms. The summed E-state index contributed by atoms with van der Waals surface area (Å²) < 4.78 is 5.47. The Labute approximate surface area is 256 Å². The van der Waals surface area contributed by atoms with E-state index in [1.807, 2.05) is 25.7 Å². The van der Waals surface area contributed by atoms with E-state index < -0.39 is 12.0 Å². The van der Waals surface area contributed by atoms with Crippen molar-refractivity contribution in [1.29, 1.82) is 0 Å². The highest BCUT2D eigenvalue weighted by Gasteiger charge is 2.26. The molecule has 2 heterocycles. The van der Waals surface area contributed by atoms with E-state index in [9.17, 15) is 19.5 Å². The number of carbonyl (C=O) groups excluding carboxylic acids is 2. The number of carboxylic acid groups (broad SMARTS) is 1. The molecule has 0 spiro atoms. The van der Waals surface area contributed by atoms with Crippen LogP contribution in [0.4, 0.5) is 22.2 Å². The molecule has 1 atom stereocenters. The average molecular weight is 609 g/mol. The van der Waals surface area contributed by atoms with E-state index in [4.69, 9.17) is 16.3 Å². The van der Waals surface area contributed by atoms with Crippen molar-refractivity contribution in [2.75, 3.05) is 47.8 Å². The van der Waals surface area contributed by atoms with Crippen LogP contribution in [0.3, 0.4) is 0 Å². The number of aliphatic carboxylic acids is 1. The number of aromatic nitrogens is 2. The molecule has 0 aliphatic carbocycles. The van der Waals surface area contributed by atoms with Crippen LogP contribution < -0.4 is 19.9 Å². The van der Waals surface area contributed by atoms with Gasteiger partial charge in [-0.05, 0) is 75.6 Å². The molecule has 3 aromatic rings. The van der Waals surface area contributed by atoms with Crippen molar-refractivity contribution in [2.24, 2.45) is 0 Å². The van der Waals surface area contributed by atoms with Crippen molar-refractivity contribution in [3.05, 3.63) is 70.9 Å². The summed E-state index contributed by atoms with van der Waals surface area (Å²) >= 11 is 6.02. The summed E-state index contributed by atoms with van der Waals surface area (Å²) in [6.07, 6.45) is 3.20. The fraction of sp³-hybridized carbons (Fsp3) is 0.387. The Morgan fingerprint density at radius 3 is 2.23 bits per heavy atom. The van der Waals surface area contributed by atoms with E-state index in [2.05, 4.69) is 15.3 Å². The van der Waals surface area contributed by atoms with Gasteiger partial charge in [0, 0.05) is 49.7 Å². The molecule has 2 aromatic carbocycles. The zero-order valence-electron chi connectivity index (χ0n) is 24.6. The molecule has 0 unspecified atom stereocenters. The summed E-state index contributed by atoms with van der Waals surface area (Å²) in [6, 6.07) is 12.2. The fourth-order valence-corrected chi connectivity index (χ4v) is 4.99. The maximum atomic E-state index is 13.5. The van der Waals surface area contributed by atoms with Gasteiger partial charge in [-0.1, -0.05) is 23.7 Å². The summed E-state index contributed by atoms with van der Waals surface area (Å²) in [6.45, 7) is 8.73. The molecule has 1 fully saturated rings. The lowest BCUT2D eigenvalue weighted by molar-refractivity contribution is -0.137. The van der Waals surface area contributed by atoms with Gasteiger partial charge in [0.2, 0.25) is 5.95 Å². The zero-order valence-corrected chi connectivity index (χ0v) is 25.4. The number of amides is 2. The number of carboxylic acids is 1. The Balaban J connectivity index is 1.59. The van der Waals surface area contributed by atoms with Crippen LogP contribution in [-0.2, 0) is 11.2 Å². The number of benzene rings is 2. The van der Waals surface area contributed by atoms with Crippen LogP contribution in [0.5, 0.6) is 5.75 Å². The van der Waals surface area contributed by atoms with Crippen molar-refractivity contribution in [1.82, 2.24) is 14.9 Å². The summed E-state index contributed by atoms with van der Waals surface area (Å²) in [4.78, 5) is 52.6. The molecular formula is C31H37ClN6O5. The van der Waals surface area contributed by atoms with E-state index in [1.165, 1.54) is 4.90 Å². The molecule has 1 saturated heterocycles. The lowest BCUT2D eigenvalue weighted by Gasteiger charge is -2.27. The fourth-order valence-electron chi connectivity index (χ4n) is 4.86. The minimum Gasteiger partial charge on any atom is -0.480 e. The van der Waals surface area contributed by atoms with Gasteiger partial charge in [0.15, 0.2) is 5.82 Å². The van der Waals surface area contributed by atoms with Gasteiger partial charge in [0.25, 0.3) is 5.91 Å². The lowest BCUT2D eigenvalue weighted by atomic mass is 10.1. The molecule has 0 radical (unpaired) electrons. The number of nitrogens with zero attached hydrogens (tertiary/aromatic N) is 5. The molecule has 1 aromatic heterocycles. The Hall–Kier alpha value is -4.38. The maximum absolute atomic E-state index is 13.5. The van der Waals surface area contributed by atoms with Crippen LogP contribution in [0.1, 0.15) is 49.5 Å². The number of hydrogen-bond acceptors (Lipinski definition) is 8. The monoisotopic (exact) mass is 608 g/mol. The van der Waals surface area contributed by atoms with Crippen LogP contribution in [0.2, 0.25) is 5.02 Å². The molecular weight excluding hydrogens is 572 g/mol. The number of ether oxygens (including phenoxy) is 1. The largest absolute Gasteiger partial charge is 0.480 e. The second-order valence-corrected chi connectivity index (χ2v) is 10.5. The van der Waals surface area contributed by atoms with Crippen LogP contribution in [0.15, 0.2) is 54.7 Å². The molecule has 2 N–H and O–H groups in total. The Bertz CT molecular complexity index is 1410. The molecule has 228 valence electrons. The molecule has 43 heavy (non-hydrogen) atoms. The highest BCUT2D eigenvalue weighted by atomic mass is 35.5. The predicted molar refractivity (Wildman–Crippen MR) is 166 cm³/mol. The lowest BCUT2D eigenvalue weighted by Crippen LogP contribution is -2.36. The van der Waals surface area contributed by atoms with E-state index in [0.717, 1.165) is 12.8 Å². The van der Waals surface area contributed by atoms with Gasteiger partial charge >= 0.3 is 12.1 Å². The second kappa shape index (κ2) is 14.7. The van der Waals surface area contributed by atoms with Gasteiger partial charge in [-0.3, -0.25) is 4.79 Å². The quantitative estimate of drug-likeness (QED) is 0.280. The number of halogens is 1. The summed E-state index contributed by atoms with van der Waals surface area (Å²) in [5.41, 5.74) is 1.49. The first kappa shape index (κ1) is 31.6. The van der Waals surface area contributed by atoms with Crippen molar-refractivity contribution in [3.63, 3.8) is 0 Å². The smallest absolute Gasteiger partial charge is 0.415 e. The van der Waals surface area contributed by atoms with Gasteiger partial charge in [0.05, 0.1) is 6.20 Å². The zero-order chi connectivity index (χ0) is 30.9. The number of likely N-dealkylation sites (tertiary alicyclic amines) is 1. The molecule has 11 nitrogen and oxygen atoms in total. The van der Waals surface area contributed by atoms with Crippen molar-refractivity contribution in [3.8, 4) is 5.75 Å². The maximum Gasteiger partial charge on any atom is 0.415 e. The molecule has 2 amide bonds. The minimum atomic E-state index is -1.09. The Morgan fingerprint density at radius 2 is 1.65 bits per heavy atom. The summed E-state index contributed by atoms with van der Waals surface area (Å²) in [5, 5.41) is 13.8. The number of nitrogens with one attached hydrogen (secondary N) is 1. The van der Waals surface area contributed by atoms with Gasteiger partial charge < -0.3 is 29.9 Å². The van der Waals surface area contributed by atoms with Gasteiger partial charge in [-0.15, -0.1) is 0 Å². The average Bonchev–Trinajstić information content (AvgIpc) is 3.55. The molecule has 1 aliphatic heterocycles. The first-order valence-electron chi connectivity index (χ1n) is 14.5. The number of anilines is 3. The van der Waals surface area contributed by atoms with Gasteiger partial charge in [0.1, 0.15) is 17.5 Å². The predicted octanol–water partition coefficient (Wildman–Crippen LogP) is 5.35. The van der Waals surface area contributed by atoms with E-state index in [1.54, 1.807) is 59.6 Å². The molecule has 4 rings (SSSR count). The number of carbonyl (C=O) groups is 3. The first-order valence-corrected chi connectivity index (χ1v) is 14.9. The van der Waals surface area contributed by atoms with Crippen LogP contribution >= 0.6 is 11.6 Å². The Morgan fingerprint density at radius 1 is 1.00 bits per heavy atom. The topological polar surface area (TPSA) is 128 Å². The number of rotatable bonds is 12. The van der Waals surface area contributed by atoms with E-state index >= 15 is 0 Å². The van der Waals surface area contributed by atoms with E-state index in [0.29, 0.717) is 66.3 Å². The SMILES string of the molecule is CCN(CC)c1ncc(N(CC)C(=O)c2ccc(Cl)cc2)c(N[C@@H](Cc2ccc(OC(=O)N3CCCC3)cc2)C(=O)O)n1. The van der Waals surface area contributed by atoms with Gasteiger partial charge in [-0.25, -0.2) is 14.6 Å². The second-order valence-electron chi connectivity index (χ2n) is 10.1. The highest BCUT2D eigenvalue weighted by Crippen LogP contribution is 2.29. The van der Waals surface area contributed by atoms with Crippen LogP contribution in [0.25, 0.3) is 0 Å². The third kappa shape index (κ3) is 7.92. The molecule has 12 heteroatoms. The minimum absolute atomic E-state index is 0.108. The summed E-state index contributed by atoms with van der Waals surface area (Å²) in [7, 11) is 0. The normalized spacial score (nSPS) is 13.3. The van der Waals surface area contributed by atoms with Crippen molar-refractivity contribution in [2.45, 2.75) is 46.1 Å². The number of hydrogen-bond donors (Lipinski definition) is 2. The van der Waals surface area contributed by atoms with Gasteiger partial charge in [-0.2, -0.15) is 4.98 Å². The van der Waals surface area contributed by atoms with E-state index in [-0.39, 0.29) is 24.2 Å². The van der Waals surface area contributed by atoms with Crippen molar-refractivity contribution >= 4 is 47.0 Å². The summed E-state index contributed by atoms with van der Waals surface area (Å²) in [5.74, 6) is -0.358. The van der Waals surface area contributed by atoms with Crippen LogP contribution in [0, 0.1) is 0 Å². The third-order valence-electron chi connectivity index (χ3n) is 7.29. The standard InChI is InChI=1S/C31H37ClN6O5/c1-4-36(5-2)30-33-20-26(38(6-3)28(39)22-11-13-23(32)14-12-22)27(35-30)34-25(29(40)41)19-21-9-15-24(16-10-21)43-31(42)37-17-7-8-18-37/h9-16,20,25H,4-8,17-19H2,1-3H3,(H,40,41)(H,33,34,35)/t25-/m0/s1. The molecule has 1 aliphatic rings.